The fourth-order valence-electron chi connectivity index (χ4n) is 4.45. The maximum Gasteiger partial charge on any atom is 0.213 e. The average Bonchev–Trinajstić information content (AvgIpc) is 3.25. The first-order valence-corrected chi connectivity index (χ1v) is 11.4. The Labute approximate surface area is 194 Å². The molecule has 3 nitrogen and oxygen atoms in total. The lowest BCUT2D eigenvalue weighted by molar-refractivity contribution is -0.0190. The molecule has 0 spiro atoms. The molecule has 0 saturated heterocycles. The van der Waals surface area contributed by atoms with E-state index in [-0.39, 0.29) is 12.3 Å². The van der Waals surface area contributed by atoms with E-state index < -0.39 is 0 Å². The second-order valence-electron chi connectivity index (χ2n) is 7.91. The molecule has 0 N–H and O–H groups in total. The van der Waals surface area contributed by atoms with Crippen LogP contribution in [0.5, 0.6) is 5.75 Å². The van der Waals surface area contributed by atoms with Crippen LogP contribution < -0.4 is 4.74 Å². The Morgan fingerprint density at radius 3 is 2.55 bits per heavy atom. The summed E-state index contributed by atoms with van der Waals surface area (Å²) >= 11 is 9.74. The second kappa shape index (κ2) is 7.40. The highest BCUT2D eigenvalue weighted by Gasteiger charge is 2.41. The number of hydrogen-bond acceptors (Lipinski definition) is 3. The van der Waals surface area contributed by atoms with Crippen LogP contribution in [0.2, 0.25) is 5.02 Å². The van der Waals surface area contributed by atoms with Crippen molar-refractivity contribution in [2.24, 2.45) is 5.10 Å². The van der Waals surface area contributed by atoms with Crippen LogP contribution >= 0.6 is 27.5 Å². The largest absolute Gasteiger partial charge is 0.464 e. The Bertz CT molecular complexity index is 1340. The molecule has 4 aromatic rings. The monoisotopic (exact) mass is 488 g/mol. The van der Waals surface area contributed by atoms with Crippen LogP contribution in [0.1, 0.15) is 35.4 Å². The Hall–Kier alpha value is -2.82. The zero-order valence-corrected chi connectivity index (χ0v) is 18.8. The topological polar surface area (TPSA) is 24.8 Å². The first-order chi connectivity index (χ1) is 15.2. The van der Waals surface area contributed by atoms with Gasteiger partial charge in [-0.1, -0.05) is 76.1 Å². The molecule has 2 heterocycles. The van der Waals surface area contributed by atoms with Crippen LogP contribution in [0.3, 0.4) is 0 Å². The predicted octanol–water partition coefficient (Wildman–Crippen LogP) is 7.50. The third-order valence-corrected chi connectivity index (χ3v) is 6.73. The normalized spacial score (nSPS) is 19.5. The number of rotatable bonds is 2. The fraction of sp³-hybridized carbons (Fsp3) is 0.115. The van der Waals surface area contributed by atoms with E-state index >= 15 is 0 Å². The minimum absolute atomic E-state index is 0.114. The molecule has 5 heteroatoms. The van der Waals surface area contributed by atoms with Gasteiger partial charge in [-0.25, -0.2) is 5.01 Å². The van der Waals surface area contributed by atoms with Gasteiger partial charge in [0.25, 0.3) is 0 Å². The average molecular weight is 490 g/mol. The van der Waals surface area contributed by atoms with Crippen molar-refractivity contribution in [3.8, 4) is 5.75 Å². The Kier molecular flexibility index (Phi) is 4.51. The summed E-state index contributed by atoms with van der Waals surface area (Å²) < 4.78 is 7.48. The molecule has 0 unspecified atom stereocenters. The van der Waals surface area contributed by atoms with E-state index in [4.69, 9.17) is 21.4 Å². The summed E-state index contributed by atoms with van der Waals surface area (Å²) in [6, 6.07) is 29.1. The number of nitrogens with zero attached hydrogens (tertiary/aromatic N) is 2. The van der Waals surface area contributed by atoms with Crippen LogP contribution in [0.15, 0.2) is 94.5 Å². The van der Waals surface area contributed by atoms with Gasteiger partial charge in [0.2, 0.25) is 6.23 Å². The van der Waals surface area contributed by atoms with Gasteiger partial charge in [0, 0.05) is 27.0 Å². The standard InChI is InChI=1S/C26H18BrClN2O/c27-20-9-12-25-22(14-20)24-15-23(19-6-5-16-3-1-2-4-18(16)13-19)29-30(24)26(31-25)17-7-10-21(28)11-8-17/h1-14,24,26H,15H2/t24-,26-/m1/s1. The third kappa shape index (κ3) is 3.31. The van der Waals surface area contributed by atoms with Gasteiger partial charge in [-0.2, -0.15) is 5.10 Å². The van der Waals surface area contributed by atoms with E-state index in [0.29, 0.717) is 5.02 Å². The molecule has 0 amide bonds. The smallest absolute Gasteiger partial charge is 0.213 e. The van der Waals surface area contributed by atoms with Crippen LogP contribution in [0.25, 0.3) is 10.8 Å². The first-order valence-electron chi connectivity index (χ1n) is 10.2. The van der Waals surface area contributed by atoms with Gasteiger partial charge in [-0.3, -0.25) is 0 Å². The highest BCUT2D eigenvalue weighted by atomic mass is 79.9. The molecule has 2 atom stereocenters. The Morgan fingerprint density at radius 2 is 1.71 bits per heavy atom. The van der Waals surface area contributed by atoms with Crippen molar-refractivity contribution in [1.29, 1.82) is 0 Å². The molecule has 6 rings (SSSR count). The highest BCUT2D eigenvalue weighted by molar-refractivity contribution is 9.10. The van der Waals surface area contributed by atoms with E-state index in [1.807, 2.05) is 36.4 Å². The van der Waals surface area contributed by atoms with Gasteiger partial charge in [-0.05, 0) is 52.7 Å². The van der Waals surface area contributed by atoms with Gasteiger partial charge < -0.3 is 4.74 Å². The lowest BCUT2D eigenvalue weighted by Gasteiger charge is -2.38. The molecule has 4 aromatic carbocycles. The first kappa shape index (κ1) is 18.9. The molecule has 2 aliphatic heterocycles. The molecule has 0 saturated carbocycles. The van der Waals surface area contributed by atoms with Crippen LogP contribution in [-0.2, 0) is 0 Å². The van der Waals surface area contributed by atoms with Crippen molar-refractivity contribution in [2.75, 3.05) is 0 Å². The number of hydrogen-bond donors (Lipinski definition) is 0. The minimum Gasteiger partial charge on any atom is -0.464 e. The van der Waals surface area contributed by atoms with E-state index in [2.05, 4.69) is 69.5 Å². The number of benzene rings is 4. The molecule has 0 radical (unpaired) electrons. The quantitative estimate of drug-likeness (QED) is 0.291. The number of ether oxygens (including phenoxy) is 1. The lowest BCUT2D eigenvalue weighted by Crippen LogP contribution is -2.33. The molecule has 2 aliphatic rings. The molecule has 31 heavy (non-hydrogen) atoms. The van der Waals surface area contributed by atoms with Gasteiger partial charge >= 0.3 is 0 Å². The molecule has 0 fully saturated rings. The van der Waals surface area contributed by atoms with Gasteiger partial charge in [0.15, 0.2) is 0 Å². The summed E-state index contributed by atoms with van der Waals surface area (Å²) in [4.78, 5) is 0. The number of hydrazone groups is 1. The summed E-state index contributed by atoms with van der Waals surface area (Å²) in [5.74, 6) is 0.902. The SMILES string of the molecule is Clc1ccc([C@H]2Oc3ccc(Br)cc3[C@H]3CC(c4ccc5ccccc5c4)=NN32)cc1. The van der Waals surface area contributed by atoms with E-state index in [1.54, 1.807) is 0 Å². The number of fused-ring (bicyclic) bond motifs is 4. The van der Waals surface area contributed by atoms with Crippen LogP contribution in [0.4, 0.5) is 0 Å². The molecular weight excluding hydrogens is 472 g/mol. The maximum atomic E-state index is 6.44. The van der Waals surface area contributed by atoms with Gasteiger partial charge in [0.1, 0.15) is 5.75 Å². The Morgan fingerprint density at radius 1 is 0.903 bits per heavy atom. The van der Waals surface area contributed by atoms with Gasteiger partial charge in [-0.15, -0.1) is 0 Å². The van der Waals surface area contributed by atoms with Crippen LogP contribution in [-0.4, -0.2) is 10.7 Å². The molecule has 0 aliphatic carbocycles. The van der Waals surface area contributed by atoms with Crippen molar-refractivity contribution in [2.45, 2.75) is 18.7 Å². The van der Waals surface area contributed by atoms with Gasteiger partial charge in [0.05, 0.1) is 11.8 Å². The second-order valence-corrected chi connectivity index (χ2v) is 9.26. The Balaban J connectivity index is 1.45. The van der Waals surface area contributed by atoms with Crippen molar-refractivity contribution in [3.63, 3.8) is 0 Å². The zero-order chi connectivity index (χ0) is 20.9. The molecule has 152 valence electrons. The predicted molar refractivity (Wildman–Crippen MR) is 129 cm³/mol. The van der Waals surface area contributed by atoms with E-state index in [9.17, 15) is 0 Å². The van der Waals surface area contributed by atoms with Crippen molar-refractivity contribution < 1.29 is 4.74 Å². The fourth-order valence-corrected chi connectivity index (χ4v) is 4.95. The van der Waals surface area contributed by atoms with Crippen molar-refractivity contribution in [1.82, 2.24) is 5.01 Å². The molecule has 0 bridgehead atoms. The highest BCUT2D eigenvalue weighted by Crippen LogP contribution is 2.48. The van der Waals surface area contributed by atoms with E-state index in [1.165, 1.54) is 10.8 Å². The van der Waals surface area contributed by atoms with Crippen molar-refractivity contribution >= 4 is 44.0 Å². The molecular formula is C26H18BrClN2O. The van der Waals surface area contributed by atoms with Crippen LogP contribution in [0, 0.1) is 0 Å². The molecule has 0 aromatic heterocycles. The maximum absolute atomic E-state index is 6.44. The summed E-state index contributed by atoms with van der Waals surface area (Å²) in [5, 5.41) is 10.3. The van der Waals surface area contributed by atoms with Crippen molar-refractivity contribution in [3.05, 3.63) is 111 Å². The number of halogens is 2. The lowest BCUT2D eigenvalue weighted by atomic mass is 9.95. The summed E-state index contributed by atoms with van der Waals surface area (Å²) in [6.07, 6.45) is 0.531. The van der Waals surface area contributed by atoms with E-state index in [0.717, 1.165) is 39.0 Å². The zero-order valence-electron chi connectivity index (χ0n) is 16.5. The minimum atomic E-state index is -0.297. The third-order valence-electron chi connectivity index (χ3n) is 5.99. The summed E-state index contributed by atoms with van der Waals surface area (Å²) in [5.41, 5.74) is 4.41. The summed E-state index contributed by atoms with van der Waals surface area (Å²) in [6.45, 7) is 0. The summed E-state index contributed by atoms with van der Waals surface area (Å²) in [7, 11) is 0.